The smallest absolute Gasteiger partial charge is 0.333 e. The average Bonchev–Trinajstić information content (AvgIpc) is 3.58. The number of hydrogen-bond donors (Lipinski definition) is 1. The van der Waals surface area contributed by atoms with E-state index in [2.05, 4.69) is 32.5 Å². The number of tetrazole rings is 1. The van der Waals surface area contributed by atoms with Crippen LogP contribution in [0, 0.1) is 0 Å². The lowest BCUT2D eigenvalue weighted by molar-refractivity contribution is 0.101. The van der Waals surface area contributed by atoms with Crippen LogP contribution in [0.15, 0.2) is 71.9 Å². The van der Waals surface area contributed by atoms with E-state index in [0.29, 0.717) is 29.4 Å². The highest BCUT2D eigenvalue weighted by Gasteiger charge is 2.20. The number of aromatic nitrogens is 7. The van der Waals surface area contributed by atoms with Gasteiger partial charge in [-0.1, -0.05) is 43.7 Å². The van der Waals surface area contributed by atoms with Gasteiger partial charge in [-0.3, -0.25) is 18.9 Å². The van der Waals surface area contributed by atoms with Gasteiger partial charge in [0.05, 0.1) is 13.7 Å². The molecule has 0 unspecified atom stereocenters. The molecular formula is C28H27N7O3. The van der Waals surface area contributed by atoms with Gasteiger partial charge in [-0.05, 0) is 58.7 Å². The number of Topliss-reactive ketones (excluding diaryl/α,β-unsaturated/α-hetero) is 1. The predicted octanol–water partition coefficient (Wildman–Crippen LogP) is 4.09. The third-order valence-corrected chi connectivity index (χ3v) is 6.43. The first-order valence-electron chi connectivity index (χ1n) is 12.3. The molecule has 0 aliphatic carbocycles. The molecule has 5 rings (SSSR count). The fraction of sp³-hybridized carbons (Fsp3) is 0.214. The van der Waals surface area contributed by atoms with Gasteiger partial charge in [-0.15, -0.1) is 5.10 Å². The molecular weight excluding hydrogens is 482 g/mol. The number of pyridine rings is 1. The van der Waals surface area contributed by atoms with Crippen molar-refractivity contribution in [2.24, 2.45) is 0 Å². The van der Waals surface area contributed by atoms with E-state index in [1.165, 1.54) is 18.6 Å². The minimum Gasteiger partial charge on any atom is -0.495 e. The third kappa shape index (κ3) is 4.63. The van der Waals surface area contributed by atoms with Gasteiger partial charge >= 0.3 is 5.69 Å². The normalized spacial score (nSPS) is 11.0. The number of carbonyl (C=O) groups excluding carboxylic acids is 1. The number of H-pyrrole nitrogens is 1. The molecule has 3 heterocycles. The number of methoxy groups -OCH3 is 1. The molecule has 0 amide bonds. The summed E-state index contributed by atoms with van der Waals surface area (Å²) in [5, 5.41) is 14.1. The number of para-hydroxylation sites is 1. The van der Waals surface area contributed by atoms with Gasteiger partial charge < -0.3 is 4.74 Å². The van der Waals surface area contributed by atoms with E-state index in [4.69, 9.17) is 4.74 Å². The van der Waals surface area contributed by atoms with Crippen molar-refractivity contribution in [3.05, 3.63) is 94.4 Å². The summed E-state index contributed by atoms with van der Waals surface area (Å²) >= 11 is 0. The van der Waals surface area contributed by atoms with Gasteiger partial charge in [0.2, 0.25) is 0 Å². The molecule has 0 aliphatic heterocycles. The maximum absolute atomic E-state index is 13.7. The number of rotatable bonds is 9. The Morgan fingerprint density at radius 3 is 2.58 bits per heavy atom. The number of nitrogens with one attached hydrogen (secondary N) is 1. The van der Waals surface area contributed by atoms with Crippen molar-refractivity contribution in [3.63, 3.8) is 0 Å². The maximum atomic E-state index is 13.7. The molecule has 0 fully saturated rings. The van der Waals surface area contributed by atoms with E-state index in [1.54, 1.807) is 35.2 Å². The van der Waals surface area contributed by atoms with Crippen molar-refractivity contribution in [3.8, 4) is 34.0 Å². The highest BCUT2D eigenvalue weighted by atomic mass is 16.5. The van der Waals surface area contributed by atoms with Crippen LogP contribution in [0.4, 0.5) is 0 Å². The van der Waals surface area contributed by atoms with E-state index >= 15 is 0 Å². The Hall–Kier alpha value is -4.86. The van der Waals surface area contributed by atoms with Crippen LogP contribution in [0.25, 0.3) is 28.2 Å². The topological polar surface area (TPSA) is 121 Å². The molecule has 10 heteroatoms. The number of nitrogens with zero attached hydrogens (tertiary/aromatic N) is 6. The minimum atomic E-state index is -0.223. The summed E-state index contributed by atoms with van der Waals surface area (Å²) in [6, 6.07) is 15.2. The number of hydrogen-bond acceptors (Lipinski definition) is 7. The van der Waals surface area contributed by atoms with Gasteiger partial charge in [0.15, 0.2) is 11.6 Å². The molecule has 0 saturated heterocycles. The Morgan fingerprint density at radius 1 is 1.08 bits per heavy atom. The zero-order chi connectivity index (χ0) is 26.6. The van der Waals surface area contributed by atoms with Crippen molar-refractivity contribution in [1.29, 1.82) is 0 Å². The van der Waals surface area contributed by atoms with Crippen LogP contribution in [0.2, 0.25) is 0 Å². The van der Waals surface area contributed by atoms with E-state index in [0.717, 1.165) is 40.8 Å². The lowest BCUT2D eigenvalue weighted by atomic mass is 10.00. The Labute approximate surface area is 218 Å². The molecule has 0 atom stereocenters. The summed E-state index contributed by atoms with van der Waals surface area (Å²) in [6.45, 7) is 3.95. The number of aryl methyl sites for hydroxylation is 1. The SMILES string of the molecule is CCCc1cn(-c2c(OC)cccc2C(C)=O)c(=O)n1Cc1ccc(-c2ccncc2-c2nnn[nH]2)cc1. The molecule has 0 spiro atoms. The molecule has 38 heavy (non-hydrogen) atoms. The van der Waals surface area contributed by atoms with Crippen LogP contribution in [0.1, 0.15) is 41.9 Å². The number of ketones is 1. The molecule has 2 aromatic carbocycles. The number of benzene rings is 2. The summed E-state index contributed by atoms with van der Waals surface area (Å²) < 4.78 is 8.81. The number of ether oxygens (including phenoxy) is 1. The first kappa shape index (κ1) is 24.8. The molecule has 192 valence electrons. The van der Waals surface area contributed by atoms with Gasteiger partial charge in [-0.2, -0.15) is 0 Å². The second kappa shape index (κ2) is 10.6. The molecule has 0 radical (unpaired) electrons. The summed E-state index contributed by atoms with van der Waals surface area (Å²) in [5.41, 5.74) is 5.23. The average molecular weight is 510 g/mol. The Morgan fingerprint density at radius 2 is 1.89 bits per heavy atom. The van der Waals surface area contributed by atoms with Crippen molar-refractivity contribution >= 4 is 5.78 Å². The molecule has 10 nitrogen and oxygen atoms in total. The quantitative estimate of drug-likeness (QED) is 0.297. The van der Waals surface area contributed by atoms with Crippen molar-refractivity contribution in [2.75, 3.05) is 7.11 Å². The summed E-state index contributed by atoms with van der Waals surface area (Å²) in [7, 11) is 1.53. The number of carbonyl (C=O) groups is 1. The zero-order valence-electron chi connectivity index (χ0n) is 21.4. The van der Waals surface area contributed by atoms with E-state index < -0.39 is 0 Å². The summed E-state index contributed by atoms with van der Waals surface area (Å²) in [6.07, 6.45) is 6.85. The highest BCUT2D eigenvalue weighted by Crippen LogP contribution is 2.30. The number of imidazole rings is 1. The predicted molar refractivity (Wildman–Crippen MR) is 143 cm³/mol. The van der Waals surface area contributed by atoms with Crippen LogP contribution in [-0.4, -0.2) is 47.6 Å². The zero-order valence-corrected chi connectivity index (χ0v) is 21.4. The first-order chi connectivity index (χ1) is 18.5. The monoisotopic (exact) mass is 509 g/mol. The van der Waals surface area contributed by atoms with Crippen LogP contribution in [0.5, 0.6) is 5.75 Å². The molecule has 5 aromatic rings. The van der Waals surface area contributed by atoms with Gasteiger partial charge in [-0.25, -0.2) is 9.89 Å². The second-order valence-electron chi connectivity index (χ2n) is 8.89. The molecule has 1 N–H and O–H groups in total. The van der Waals surface area contributed by atoms with Crippen molar-refractivity contribution in [1.82, 2.24) is 34.7 Å². The standard InChI is InChI=1S/C28H27N7O3/c1-4-6-21-17-35(26-22(18(2)36)7-5-8-25(26)38-3)28(37)34(21)16-19-9-11-20(12-10-19)23-13-14-29-15-24(23)27-30-32-33-31-27/h5,7-15,17H,4,6,16H2,1-3H3,(H,30,31,32,33). The van der Waals surface area contributed by atoms with Gasteiger partial charge in [0, 0.05) is 35.4 Å². The maximum Gasteiger partial charge on any atom is 0.333 e. The Balaban J connectivity index is 1.52. The molecule has 0 saturated carbocycles. The van der Waals surface area contributed by atoms with Gasteiger partial charge in [0.25, 0.3) is 0 Å². The fourth-order valence-electron chi connectivity index (χ4n) is 4.61. The molecule has 0 bridgehead atoms. The van der Waals surface area contributed by atoms with Crippen LogP contribution in [0.3, 0.4) is 0 Å². The van der Waals surface area contributed by atoms with Crippen molar-refractivity contribution < 1.29 is 9.53 Å². The van der Waals surface area contributed by atoms with Crippen LogP contribution in [-0.2, 0) is 13.0 Å². The first-order valence-corrected chi connectivity index (χ1v) is 12.3. The summed E-state index contributed by atoms with van der Waals surface area (Å²) in [5.74, 6) is 0.873. The molecule has 0 aliphatic rings. The van der Waals surface area contributed by atoms with E-state index in [9.17, 15) is 9.59 Å². The number of aromatic amines is 1. The van der Waals surface area contributed by atoms with Crippen LogP contribution >= 0.6 is 0 Å². The van der Waals surface area contributed by atoms with Crippen molar-refractivity contribution in [2.45, 2.75) is 33.2 Å². The highest BCUT2D eigenvalue weighted by molar-refractivity contribution is 5.98. The van der Waals surface area contributed by atoms with E-state index in [-0.39, 0.29) is 11.5 Å². The lowest BCUT2D eigenvalue weighted by Crippen LogP contribution is -2.26. The second-order valence-corrected chi connectivity index (χ2v) is 8.89. The summed E-state index contributed by atoms with van der Waals surface area (Å²) in [4.78, 5) is 30.3. The fourth-order valence-corrected chi connectivity index (χ4v) is 4.61. The largest absolute Gasteiger partial charge is 0.495 e. The minimum absolute atomic E-state index is 0.136. The van der Waals surface area contributed by atoms with E-state index in [1.807, 2.05) is 36.5 Å². The molecule has 3 aromatic heterocycles. The van der Waals surface area contributed by atoms with Crippen LogP contribution < -0.4 is 10.4 Å². The Kier molecular flexibility index (Phi) is 6.94. The Bertz CT molecular complexity index is 1630. The lowest BCUT2D eigenvalue weighted by Gasteiger charge is -2.12. The van der Waals surface area contributed by atoms with Gasteiger partial charge in [0.1, 0.15) is 11.4 Å². The third-order valence-electron chi connectivity index (χ3n) is 6.43.